The maximum Gasteiger partial charge on any atom is 0.254 e. The van der Waals surface area contributed by atoms with Crippen molar-refractivity contribution in [3.63, 3.8) is 0 Å². The van der Waals surface area contributed by atoms with Crippen molar-refractivity contribution in [2.24, 2.45) is 5.92 Å². The Bertz CT molecular complexity index is 1410. The van der Waals surface area contributed by atoms with Crippen LogP contribution in [0.25, 0.3) is 0 Å². The van der Waals surface area contributed by atoms with E-state index in [2.05, 4.69) is 15.1 Å². The molecule has 1 N–H and O–H groups in total. The summed E-state index contributed by atoms with van der Waals surface area (Å²) in [6, 6.07) is 9.17. The molecule has 1 aliphatic rings. The Hall–Kier alpha value is -3.70. The molecule has 1 saturated heterocycles. The van der Waals surface area contributed by atoms with Gasteiger partial charge in [0, 0.05) is 37.0 Å². The number of aliphatic hydroxyl groups is 1. The summed E-state index contributed by atoms with van der Waals surface area (Å²) in [7, 11) is 1.50. The Morgan fingerprint density at radius 1 is 1.28 bits per heavy atom. The zero-order valence-corrected chi connectivity index (χ0v) is 23.3. The van der Waals surface area contributed by atoms with Crippen LogP contribution in [0, 0.1) is 12.8 Å². The van der Waals surface area contributed by atoms with E-state index in [4.69, 9.17) is 14.0 Å². The van der Waals surface area contributed by atoms with Crippen LogP contribution >= 0.6 is 11.3 Å². The molecule has 0 radical (unpaired) electrons. The first-order valence-electron chi connectivity index (χ1n) is 13.0. The second kappa shape index (κ2) is 11.6. The molecule has 0 bridgehead atoms. The van der Waals surface area contributed by atoms with Crippen molar-refractivity contribution in [2.45, 2.75) is 58.4 Å². The van der Waals surface area contributed by atoms with Gasteiger partial charge < -0.3 is 28.6 Å². The van der Waals surface area contributed by atoms with E-state index in [1.165, 1.54) is 7.11 Å². The van der Waals surface area contributed by atoms with Crippen LogP contribution in [0.15, 0.2) is 52.8 Å². The summed E-state index contributed by atoms with van der Waals surface area (Å²) in [4.78, 5) is 25.7. The number of β-amino-alcohol motifs (C(OH)–C–C–N with tert-alkyl or cyclic N) is 1. The average molecular weight is 552 g/mol. The van der Waals surface area contributed by atoms with Crippen LogP contribution in [0.4, 0.5) is 0 Å². The van der Waals surface area contributed by atoms with Crippen LogP contribution in [-0.2, 0) is 17.9 Å². The van der Waals surface area contributed by atoms with E-state index >= 15 is 0 Å². The van der Waals surface area contributed by atoms with E-state index in [-0.39, 0.29) is 24.4 Å². The van der Waals surface area contributed by atoms with Gasteiger partial charge >= 0.3 is 0 Å². The van der Waals surface area contributed by atoms with Crippen molar-refractivity contribution in [3.05, 3.63) is 76.0 Å². The number of aryl methyl sites for hydroxylation is 1. The number of methoxy groups -OCH3 is 1. The number of amides is 1. The fraction of sp³-hybridized carbons (Fsp3) is 0.429. The molecule has 1 aliphatic heterocycles. The third-order valence-corrected chi connectivity index (χ3v) is 7.99. The highest BCUT2D eigenvalue weighted by Gasteiger charge is 2.42. The van der Waals surface area contributed by atoms with Crippen molar-refractivity contribution >= 4 is 17.2 Å². The lowest BCUT2D eigenvalue weighted by Gasteiger charge is -2.29. The van der Waals surface area contributed by atoms with Crippen molar-refractivity contribution in [3.8, 4) is 11.6 Å². The third kappa shape index (κ3) is 5.69. The zero-order valence-electron chi connectivity index (χ0n) is 22.5. The van der Waals surface area contributed by atoms with Gasteiger partial charge in [-0.3, -0.25) is 4.79 Å². The van der Waals surface area contributed by atoms with E-state index in [1.54, 1.807) is 28.5 Å². The van der Waals surface area contributed by atoms with Gasteiger partial charge in [-0.05, 0) is 24.1 Å². The van der Waals surface area contributed by atoms with Crippen molar-refractivity contribution < 1.29 is 23.9 Å². The molecular weight excluding hydrogens is 518 g/mol. The topological polar surface area (TPSA) is 116 Å². The first-order chi connectivity index (χ1) is 18.9. The van der Waals surface area contributed by atoms with E-state index in [0.29, 0.717) is 37.0 Å². The monoisotopic (exact) mass is 551 g/mol. The van der Waals surface area contributed by atoms with Gasteiger partial charge in [0.25, 0.3) is 5.88 Å². The molecule has 0 aliphatic carbocycles. The Kier molecular flexibility index (Phi) is 7.99. The van der Waals surface area contributed by atoms with Crippen LogP contribution in [0.2, 0.25) is 0 Å². The second-order valence-electron chi connectivity index (χ2n) is 10.1. The third-order valence-electron chi connectivity index (χ3n) is 7.08. The summed E-state index contributed by atoms with van der Waals surface area (Å²) in [5.41, 5.74) is 3.79. The first-order valence-corrected chi connectivity index (χ1v) is 13.8. The van der Waals surface area contributed by atoms with Gasteiger partial charge in [0.2, 0.25) is 5.91 Å². The SMILES string of the molecule is COc1cc(C(C(=O)N2C[C@H](O)C[C@H]2c2nccn2Cc2ccccc2OCc2scnc2C)C(C)C)on1. The van der Waals surface area contributed by atoms with Crippen LogP contribution < -0.4 is 9.47 Å². The van der Waals surface area contributed by atoms with Crippen molar-refractivity contribution in [1.29, 1.82) is 0 Å². The highest BCUT2D eigenvalue weighted by Crippen LogP contribution is 2.37. The van der Waals surface area contributed by atoms with Gasteiger partial charge in [-0.15, -0.1) is 11.3 Å². The largest absolute Gasteiger partial charge is 0.488 e. The Morgan fingerprint density at radius 2 is 2.10 bits per heavy atom. The fourth-order valence-electron chi connectivity index (χ4n) is 5.05. The van der Waals surface area contributed by atoms with E-state index in [9.17, 15) is 9.90 Å². The molecule has 206 valence electrons. The minimum Gasteiger partial charge on any atom is -0.488 e. The smallest absolute Gasteiger partial charge is 0.254 e. The summed E-state index contributed by atoms with van der Waals surface area (Å²) in [6.07, 6.45) is 3.37. The first kappa shape index (κ1) is 26.9. The number of benzene rings is 1. The number of aromatic nitrogens is 4. The molecule has 1 unspecified atom stereocenters. The quantitative estimate of drug-likeness (QED) is 0.309. The molecule has 1 fully saturated rings. The summed E-state index contributed by atoms with van der Waals surface area (Å²) < 4.78 is 18.8. The van der Waals surface area contributed by atoms with E-state index in [0.717, 1.165) is 21.9 Å². The standard InChI is InChI=1S/C28H33N5O5S/c1-17(2)26(23-12-25(36-4)31-38-23)28(35)33-14-20(34)11-21(33)27-29-9-10-32(27)13-19-7-5-6-8-22(19)37-15-24-18(3)30-16-39-24/h5-10,12,16-17,20-21,26,34H,11,13-15H2,1-4H3/t20-,21+,26?/m1/s1. The minimum atomic E-state index is -0.653. The summed E-state index contributed by atoms with van der Waals surface area (Å²) in [6.45, 7) is 7.08. The second-order valence-corrected chi connectivity index (χ2v) is 11.0. The molecule has 1 aromatic carbocycles. The molecule has 5 rings (SSSR count). The van der Waals surface area contributed by atoms with Gasteiger partial charge in [0.05, 0.1) is 41.9 Å². The number of likely N-dealkylation sites (tertiary alicyclic amines) is 1. The van der Waals surface area contributed by atoms with Gasteiger partial charge in [-0.1, -0.05) is 32.0 Å². The molecule has 39 heavy (non-hydrogen) atoms. The Morgan fingerprint density at radius 3 is 2.82 bits per heavy atom. The molecule has 0 saturated carbocycles. The maximum atomic E-state index is 13.9. The lowest BCUT2D eigenvalue weighted by molar-refractivity contribution is -0.135. The van der Waals surface area contributed by atoms with Crippen LogP contribution in [0.5, 0.6) is 11.6 Å². The number of rotatable bonds is 10. The van der Waals surface area contributed by atoms with Gasteiger partial charge in [-0.25, -0.2) is 9.97 Å². The maximum absolute atomic E-state index is 13.9. The number of nitrogens with zero attached hydrogens (tertiary/aromatic N) is 5. The summed E-state index contributed by atoms with van der Waals surface area (Å²) in [5, 5.41) is 14.5. The highest BCUT2D eigenvalue weighted by atomic mass is 32.1. The average Bonchev–Trinajstić information content (AvgIpc) is 3.71. The summed E-state index contributed by atoms with van der Waals surface area (Å²) >= 11 is 1.58. The number of aliphatic hydroxyl groups excluding tert-OH is 1. The lowest BCUT2D eigenvalue weighted by atomic mass is 9.91. The zero-order chi connectivity index (χ0) is 27.5. The number of carbonyl (C=O) groups excluding carboxylic acids is 1. The van der Waals surface area contributed by atoms with Crippen LogP contribution in [0.3, 0.4) is 0 Å². The molecule has 11 heteroatoms. The van der Waals surface area contributed by atoms with Gasteiger partial charge in [0.1, 0.15) is 24.1 Å². The van der Waals surface area contributed by atoms with Gasteiger partial charge in [-0.2, -0.15) is 0 Å². The molecule has 1 amide bonds. The minimum absolute atomic E-state index is 0.0560. The number of para-hydroxylation sites is 1. The lowest BCUT2D eigenvalue weighted by Crippen LogP contribution is -2.38. The Balaban J connectivity index is 1.38. The Labute approximate surface area is 231 Å². The van der Waals surface area contributed by atoms with Crippen LogP contribution in [-0.4, -0.2) is 55.4 Å². The van der Waals surface area contributed by atoms with Crippen LogP contribution in [0.1, 0.15) is 59.9 Å². The molecule has 3 aromatic heterocycles. The molecular formula is C28H33N5O5S. The summed E-state index contributed by atoms with van der Waals surface area (Å²) in [5.74, 6) is 1.50. The van der Waals surface area contributed by atoms with E-state index in [1.807, 2.05) is 61.3 Å². The number of imidazole rings is 1. The van der Waals surface area contributed by atoms with E-state index < -0.39 is 12.0 Å². The number of carbonyl (C=O) groups is 1. The van der Waals surface area contributed by atoms with Crippen molar-refractivity contribution in [1.82, 2.24) is 24.6 Å². The molecule has 0 spiro atoms. The highest BCUT2D eigenvalue weighted by molar-refractivity contribution is 7.09. The molecule has 4 aromatic rings. The fourth-order valence-corrected chi connectivity index (χ4v) is 5.74. The number of ether oxygens (including phenoxy) is 2. The molecule has 3 atom stereocenters. The van der Waals surface area contributed by atoms with Gasteiger partial charge in [0.15, 0.2) is 5.76 Å². The predicted molar refractivity (Wildman–Crippen MR) is 145 cm³/mol. The molecule has 10 nitrogen and oxygen atoms in total. The van der Waals surface area contributed by atoms with Crippen molar-refractivity contribution in [2.75, 3.05) is 13.7 Å². The number of hydrogen-bond donors (Lipinski definition) is 1. The number of hydrogen-bond acceptors (Lipinski definition) is 9. The normalized spacial score (nSPS) is 18.1. The number of thiazole rings is 1. The predicted octanol–water partition coefficient (Wildman–Crippen LogP) is 4.35. The molecule has 4 heterocycles.